The van der Waals surface area contributed by atoms with Crippen LogP contribution in [0.4, 0.5) is 4.39 Å². The molecule has 2 aromatic carbocycles. The lowest BCUT2D eigenvalue weighted by molar-refractivity contribution is -0.118. The first-order valence-corrected chi connectivity index (χ1v) is 7.46. The maximum atomic E-state index is 12.9. The topological polar surface area (TPSA) is 41.5 Å². The van der Waals surface area contributed by atoms with Crippen molar-refractivity contribution in [3.63, 3.8) is 0 Å². The minimum Gasteiger partial charge on any atom is -0.272 e. The summed E-state index contributed by atoms with van der Waals surface area (Å²) in [6.45, 7) is 0. The van der Waals surface area contributed by atoms with Crippen molar-refractivity contribution in [3.05, 3.63) is 64.9 Å². The molecule has 6 heteroatoms. The van der Waals surface area contributed by atoms with E-state index in [4.69, 9.17) is 11.6 Å². The summed E-state index contributed by atoms with van der Waals surface area (Å²) in [4.78, 5) is 12.5. The van der Waals surface area contributed by atoms with Gasteiger partial charge in [0.2, 0.25) is 5.91 Å². The summed E-state index contributed by atoms with van der Waals surface area (Å²) in [5.74, 6) is -0.339. The summed E-state index contributed by atoms with van der Waals surface area (Å²) in [7, 11) is 0. The van der Waals surface area contributed by atoms with Gasteiger partial charge in [0.05, 0.1) is 12.0 Å². The molecule has 0 aromatic heterocycles. The van der Waals surface area contributed by atoms with E-state index in [1.54, 1.807) is 24.3 Å². The summed E-state index contributed by atoms with van der Waals surface area (Å²) in [5, 5.41) is 4.44. The number of halogens is 2. The van der Waals surface area contributed by atoms with Gasteiger partial charge in [0.1, 0.15) is 5.82 Å². The maximum Gasteiger partial charge on any atom is 0.250 e. The number of nitrogens with one attached hydrogen (secondary N) is 1. The molecule has 0 aliphatic carbocycles. The number of rotatable bonds is 5. The van der Waals surface area contributed by atoms with Gasteiger partial charge in [-0.15, -0.1) is 11.8 Å². The second kappa shape index (κ2) is 7.81. The fraction of sp³-hybridized carbons (Fsp3) is 0.0667. The average molecular weight is 323 g/mol. The first-order chi connectivity index (χ1) is 10.1. The molecule has 1 N–H and O–H groups in total. The van der Waals surface area contributed by atoms with Gasteiger partial charge in [-0.3, -0.25) is 4.79 Å². The summed E-state index contributed by atoms with van der Waals surface area (Å²) in [6, 6.07) is 13.2. The summed E-state index contributed by atoms with van der Waals surface area (Å²) >= 11 is 7.16. The molecule has 2 aromatic rings. The molecule has 0 unspecified atom stereocenters. The molecule has 0 saturated heterocycles. The zero-order valence-electron chi connectivity index (χ0n) is 10.9. The molecule has 0 aliphatic rings. The van der Waals surface area contributed by atoms with Crippen molar-refractivity contribution < 1.29 is 9.18 Å². The number of thioether (sulfide) groups is 1. The van der Waals surface area contributed by atoms with Crippen molar-refractivity contribution in [2.24, 2.45) is 5.10 Å². The third-order valence-electron chi connectivity index (χ3n) is 2.44. The van der Waals surface area contributed by atoms with Crippen LogP contribution in [-0.2, 0) is 4.79 Å². The average Bonchev–Trinajstić information content (AvgIpc) is 2.47. The number of benzene rings is 2. The van der Waals surface area contributed by atoms with Gasteiger partial charge in [0, 0.05) is 9.92 Å². The smallest absolute Gasteiger partial charge is 0.250 e. The van der Waals surface area contributed by atoms with Crippen LogP contribution in [0.3, 0.4) is 0 Å². The lowest BCUT2D eigenvalue weighted by Gasteiger charge is -2.01. The monoisotopic (exact) mass is 322 g/mol. The van der Waals surface area contributed by atoms with Crippen molar-refractivity contribution in [1.29, 1.82) is 0 Å². The van der Waals surface area contributed by atoms with E-state index in [0.29, 0.717) is 10.6 Å². The van der Waals surface area contributed by atoms with Crippen LogP contribution in [0.15, 0.2) is 58.5 Å². The Kier molecular flexibility index (Phi) is 5.78. The van der Waals surface area contributed by atoms with Gasteiger partial charge in [-0.1, -0.05) is 23.7 Å². The Balaban J connectivity index is 1.78. The Morgan fingerprint density at radius 3 is 2.76 bits per heavy atom. The molecule has 0 heterocycles. The Labute approximate surface area is 131 Å². The Morgan fingerprint density at radius 2 is 2.05 bits per heavy atom. The number of carbonyl (C=O) groups is 1. The zero-order chi connectivity index (χ0) is 15.1. The molecule has 0 spiro atoms. The van der Waals surface area contributed by atoms with E-state index < -0.39 is 0 Å². The Morgan fingerprint density at radius 1 is 1.29 bits per heavy atom. The van der Waals surface area contributed by atoms with Crippen molar-refractivity contribution >= 4 is 35.5 Å². The van der Waals surface area contributed by atoms with Gasteiger partial charge in [-0.2, -0.15) is 5.10 Å². The molecule has 0 saturated carbocycles. The van der Waals surface area contributed by atoms with Crippen molar-refractivity contribution in [3.8, 4) is 0 Å². The molecule has 2 rings (SSSR count). The first-order valence-electron chi connectivity index (χ1n) is 6.09. The maximum absolute atomic E-state index is 12.9. The minimum absolute atomic E-state index is 0.234. The van der Waals surface area contributed by atoms with Crippen molar-refractivity contribution in [1.82, 2.24) is 5.43 Å². The quantitative estimate of drug-likeness (QED) is 0.518. The van der Waals surface area contributed by atoms with Crippen molar-refractivity contribution in [2.75, 3.05) is 5.75 Å². The van der Waals surface area contributed by atoms with E-state index in [-0.39, 0.29) is 17.5 Å². The number of hydrazone groups is 1. The molecule has 0 atom stereocenters. The highest BCUT2D eigenvalue weighted by Crippen LogP contribution is 2.19. The third-order valence-corrected chi connectivity index (χ3v) is 3.70. The predicted octanol–water partition coefficient (Wildman–Crippen LogP) is 3.72. The molecule has 3 nitrogen and oxygen atoms in total. The van der Waals surface area contributed by atoms with Crippen LogP contribution in [0.2, 0.25) is 5.02 Å². The van der Waals surface area contributed by atoms with Crippen LogP contribution < -0.4 is 5.43 Å². The van der Waals surface area contributed by atoms with Gasteiger partial charge in [0.25, 0.3) is 0 Å². The van der Waals surface area contributed by atoms with E-state index in [9.17, 15) is 9.18 Å². The molecule has 21 heavy (non-hydrogen) atoms. The number of hydrogen-bond acceptors (Lipinski definition) is 3. The summed E-state index contributed by atoms with van der Waals surface area (Å²) in [6.07, 6.45) is 1.40. The largest absolute Gasteiger partial charge is 0.272 e. The molecular formula is C15H12ClFN2OS. The second-order valence-electron chi connectivity index (χ2n) is 4.09. The minimum atomic E-state index is -0.344. The van der Waals surface area contributed by atoms with Gasteiger partial charge >= 0.3 is 0 Å². The molecule has 0 aliphatic heterocycles. The predicted molar refractivity (Wildman–Crippen MR) is 84.3 cm³/mol. The molecule has 0 fully saturated rings. The molecule has 108 valence electrons. The van der Waals surface area contributed by atoms with Crippen LogP contribution in [0.5, 0.6) is 0 Å². The van der Waals surface area contributed by atoms with Crippen molar-refractivity contribution in [2.45, 2.75) is 4.90 Å². The Bertz CT molecular complexity index is 646. The fourth-order valence-electron chi connectivity index (χ4n) is 1.48. The molecule has 0 radical (unpaired) electrons. The number of amides is 1. The van der Waals surface area contributed by atoms with E-state index in [0.717, 1.165) is 4.90 Å². The van der Waals surface area contributed by atoms with Gasteiger partial charge in [-0.25, -0.2) is 9.82 Å². The molecule has 0 bridgehead atoms. The standard InChI is InChI=1S/C15H12ClFN2OS/c16-12-4-6-14(7-5-12)21-10-15(20)19-18-9-11-2-1-3-13(17)8-11/h1-9H,10H2,(H,19,20)/b18-9-. The Hall–Kier alpha value is -1.85. The van der Waals surface area contributed by atoms with Crippen LogP contribution in [-0.4, -0.2) is 17.9 Å². The van der Waals surface area contributed by atoms with Crippen LogP contribution >= 0.6 is 23.4 Å². The normalized spacial score (nSPS) is 10.8. The molecule has 1 amide bonds. The van der Waals surface area contributed by atoms with Crippen LogP contribution in [0, 0.1) is 5.82 Å². The number of hydrogen-bond donors (Lipinski definition) is 1. The number of nitrogens with zero attached hydrogens (tertiary/aromatic N) is 1. The zero-order valence-corrected chi connectivity index (χ0v) is 12.5. The van der Waals surface area contributed by atoms with Gasteiger partial charge < -0.3 is 0 Å². The highest BCUT2D eigenvalue weighted by atomic mass is 35.5. The summed E-state index contributed by atoms with van der Waals surface area (Å²) in [5.41, 5.74) is 2.98. The lowest BCUT2D eigenvalue weighted by Crippen LogP contribution is -2.19. The highest BCUT2D eigenvalue weighted by Gasteiger charge is 2.01. The number of carbonyl (C=O) groups excluding carboxylic acids is 1. The first kappa shape index (κ1) is 15.5. The van der Waals surface area contributed by atoms with Crippen LogP contribution in [0.1, 0.15) is 5.56 Å². The fourth-order valence-corrected chi connectivity index (χ4v) is 2.29. The molecular weight excluding hydrogens is 311 g/mol. The van der Waals surface area contributed by atoms with Gasteiger partial charge in [-0.05, 0) is 42.0 Å². The third kappa shape index (κ3) is 5.57. The highest BCUT2D eigenvalue weighted by molar-refractivity contribution is 8.00. The van der Waals surface area contributed by atoms with Crippen LogP contribution in [0.25, 0.3) is 0 Å². The van der Waals surface area contributed by atoms with Gasteiger partial charge in [0.15, 0.2) is 0 Å². The van der Waals surface area contributed by atoms with E-state index in [2.05, 4.69) is 10.5 Å². The lowest BCUT2D eigenvalue weighted by atomic mass is 10.2. The van der Waals surface area contributed by atoms with E-state index in [1.807, 2.05) is 12.1 Å². The SMILES string of the molecule is O=C(CSc1ccc(Cl)cc1)N/N=C\c1cccc(F)c1. The van der Waals surface area contributed by atoms with E-state index >= 15 is 0 Å². The summed E-state index contributed by atoms with van der Waals surface area (Å²) < 4.78 is 12.9. The second-order valence-corrected chi connectivity index (χ2v) is 5.58. The van der Waals surface area contributed by atoms with E-state index in [1.165, 1.54) is 30.1 Å².